The smallest absolute Gasteiger partial charge is 0.244 e. The SMILES string of the molecule is CN(C)S(=O)(=O)c1ccccc1NCC(C)(C)CN. The zero-order valence-electron chi connectivity index (χ0n) is 12.0. The summed E-state index contributed by atoms with van der Waals surface area (Å²) in [5.41, 5.74) is 6.20. The second kappa shape index (κ2) is 5.90. The van der Waals surface area contributed by atoms with Crippen molar-refractivity contribution in [3.8, 4) is 0 Å². The van der Waals surface area contributed by atoms with Crippen LogP contribution >= 0.6 is 0 Å². The van der Waals surface area contributed by atoms with Crippen LogP contribution in [0, 0.1) is 5.41 Å². The Kier molecular flexibility index (Phi) is 4.95. The molecule has 0 bridgehead atoms. The molecule has 0 amide bonds. The number of nitrogens with one attached hydrogen (secondary N) is 1. The number of para-hydroxylation sites is 1. The first kappa shape index (κ1) is 15.9. The number of anilines is 1. The van der Waals surface area contributed by atoms with E-state index in [4.69, 9.17) is 5.73 Å². The first-order chi connectivity index (χ1) is 8.70. The number of rotatable bonds is 6. The molecule has 0 unspecified atom stereocenters. The van der Waals surface area contributed by atoms with E-state index in [1.165, 1.54) is 18.4 Å². The molecule has 1 aromatic rings. The highest BCUT2D eigenvalue weighted by Gasteiger charge is 2.22. The molecule has 0 aliphatic carbocycles. The summed E-state index contributed by atoms with van der Waals surface area (Å²) < 4.78 is 25.6. The van der Waals surface area contributed by atoms with E-state index < -0.39 is 10.0 Å². The molecular formula is C13H23N3O2S. The highest BCUT2D eigenvalue weighted by atomic mass is 32.2. The van der Waals surface area contributed by atoms with E-state index in [-0.39, 0.29) is 10.3 Å². The Labute approximate surface area is 115 Å². The lowest BCUT2D eigenvalue weighted by Gasteiger charge is -2.24. The molecule has 1 aromatic carbocycles. The summed E-state index contributed by atoms with van der Waals surface area (Å²) in [7, 11) is -0.395. The van der Waals surface area contributed by atoms with Crippen LogP contribution in [-0.4, -0.2) is 39.9 Å². The van der Waals surface area contributed by atoms with Crippen molar-refractivity contribution in [1.29, 1.82) is 0 Å². The summed E-state index contributed by atoms with van der Waals surface area (Å²) in [6, 6.07) is 6.90. The van der Waals surface area contributed by atoms with Crippen LogP contribution in [0.1, 0.15) is 13.8 Å². The molecular weight excluding hydrogens is 262 g/mol. The molecule has 0 saturated heterocycles. The van der Waals surface area contributed by atoms with Crippen molar-refractivity contribution in [3.05, 3.63) is 24.3 Å². The molecule has 0 radical (unpaired) electrons. The Bertz CT molecular complexity index is 524. The Morgan fingerprint density at radius 3 is 2.37 bits per heavy atom. The number of benzene rings is 1. The molecule has 0 saturated carbocycles. The van der Waals surface area contributed by atoms with Crippen molar-refractivity contribution in [3.63, 3.8) is 0 Å². The highest BCUT2D eigenvalue weighted by molar-refractivity contribution is 7.89. The largest absolute Gasteiger partial charge is 0.383 e. The van der Waals surface area contributed by atoms with Crippen LogP contribution < -0.4 is 11.1 Å². The van der Waals surface area contributed by atoms with Gasteiger partial charge in [-0.05, 0) is 24.1 Å². The van der Waals surface area contributed by atoms with Crippen LogP contribution in [0.3, 0.4) is 0 Å². The molecule has 0 heterocycles. The van der Waals surface area contributed by atoms with E-state index in [9.17, 15) is 8.42 Å². The van der Waals surface area contributed by atoms with Gasteiger partial charge >= 0.3 is 0 Å². The van der Waals surface area contributed by atoms with E-state index in [1.807, 2.05) is 19.9 Å². The van der Waals surface area contributed by atoms with Gasteiger partial charge in [0.05, 0.1) is 5.69 Å². The lowest BCUT2D eigenvalue weighted by molar-refractivity contribution is 0.405. The van der Waals surface area contributed by atoms with Gasteiger partial charge in [0.15, 0.2) is 0 Å². The normalized spacial score (nSPS) is 12.7. The monoisotopic (exact) mass is 285 g/mol. The number of nitrogens with zero attached hydrogens (tertiary/aromatic N) is 1. The topological polar surface area (TPSA) is 75.4 Å². The predicted molar refractivity (Wildman–Crippen MR) is 78.6 cm³/mol. The molecule has 5 nitrogen and oxygen atoms in total. The van der Waals surface area contributed by atoms with Gasteiger partial charge in [-0.25, -0.2) is 12.7 Å². The average Bonchev–Trinajstić information content (AvgIpc) is 2.36. The van der Waals surface area contributed by atoms with Crippen LogP contribution in [0.2, 0.25) is 0 Å². The fraction of sp³-hybridized carbons (Fsp3) is 0.538. The zero-order valence-corrected chi connectivity index (χ0v) is 12.8. The van der Waals surface area contributed by atoms with Gasteiger partial charge in [-0.2, -0.15) is 0 Å². The average molecular weight is 285 g/mol. The van der Waals surface area contributed by atoms with Gasteiger partial charge < -0.3 is 11.1 Å². The van der Waals surface area contributed by atoms with Gasteiger partial charge in [0.2, 0.25) is 10.0 Å². The summed E-state index contributed by atoms with van der Waals surface area (Å²) in [6.45, 7) is 5.21. The van der Waals surface area contributed by atoms with Gasteiger partial charge in [0.1, 0.15) is 4.90 Å². The van der Waals surface area contributed by atoms with E-state index in [0.717, 1.165) is 0 Å². The minimum Gasteiger partial charge on any atom is -0.383 e. The van der Waals surface area contributed by atoms with Crippen molar-refractivity contribution < 1.29 is 8.42 Å². The summed E-state index contributed by atoms with van der Waals surface area (Å²) in [5, 5.41) is 3.18. The van der Waals surface area contributed by atoms with Crippen LogP contribution in [0.15, 0.2) is 29.2 Å². The first-order valence-corrected chi connectivity index (χ1v) is 7.60. The molecule has 108 valence electrons. The minimum atomic E-state index is -3.44. The molecule has 19 heavy (non-hydrogen) atoms. The predicted octanol–water partition coefficient (Wildman–Crippen LogP) is 1.33. The third kappa shape index (κ3) is 3.92. The molecule has 0 aromatic heterocycles. The summed E-state index contributed by atoms with van der Waals surface area (Å²) in [5.74, 6) is 0. The van der Waals surface area contributed by atoms with Gasteiger partial charge in [0.25, 0.3) is 0 Å². The molecule has 0 fully saturated rings. The third-order valence-electron chi connectivity index (χ3n) is 2.96. The number of nitrogens with two attached hydrogens (primary N) is 1. The molecule has 6 heteroatoms. The van der Waals surface area contributed by atoms with Crippen molar-refractivity contribution >= 4 is 15.7 Å². The Balaban J connectivity index is 3.05. The van der Waals surface area contributed by atoms with Crippen LogP contribution in [-0.2, 0) is 10.0 Å². The third-order valence-corrected chi connectivity index (χ3v) is 4.83. The molecule has 0 atom stereocenters. The van der Waals surface area contributed by atoms with E-state index >= 15 is 0 Å². The maximum Gasteiger partial charge on any atom is 0.244 e. The fourth-order valence-corrected chi connectivity index (χ4v) is 2.50. The summed E-state index contributed by atoms with van der Waals surface area (Å²) >= 11 is 0. The van der Waals surface area contributed by atoms with E-state index in [2.05, 4.69) is 5.32 Å². The van der Waals surface area contributed by atoms with Gasteiger partial charge in [-0.1, -0.05) is 26.0 Å². The molecule has 1 rings (SSSR count). The molecule has 0 aliphatic rings. The lowest BCUT2D eigenvalue weighted by Crippen LogP contribution is -2.32. The van der Waals surface area contributed by atoms with Crippen molar-refractivity contribution in [1.82, 2.24) is 4.31 Å². The fourth-order valence-electron chi connectivity index (χ4n) is 1.44. The van der Waals surface area contributed by atoms with Crippen LogP contribution in [0.25, 0.3) is 0 Å². The minimum absolute atomic E-state index is 0.0883. The summed E-state index contributed by atoms with van der Waals surface area (Å²) in [4.78, 5) is 0.285. The van der Waals surface area contributed by atoms with Gasteiger partial charge in [-0.15, -0.1) is 0 Å². The Morgan fingerprint density at radius 2 is 1.84 bits per heavy atom. The molecule has 0 spiro atoms. The highest BCUT2D eigenvalue weighted by Crippen LogP contribution is 2.24. The summed E-state index contributed by atoms with van der Waals surface area (Å²) in [6.07, 6.45) is 0. The standard InChI is InChI=1S/C13H23N3O2S/c1-13(2,9-14)10-15-11-7-5-6-8-12(11)19(17,18)16(3)4/h5-8,15H,9-10,14H2,1-4H3. The van der Waals surface area contributed by atoms with Crippen LogP contribution in [0.5, 0.6) is 0 Å². The second-order valence-electron chi connectivity index (χ2n) is 5.51. The van der Waals surface area contributed by atoms with E-state index in [0.29, 0.717) is 18.8 Å². The maximum absolute atomic E-state index is 12.2. The van der Waals surface area contributed by atoms with Crippen LogP contribution in [0.4, 0.5) is 5.69 Å². The Morgan fingerprint density at radius 1 is 1.26 bits per heavy atom. The molecule has 0 aliphatic heterocycles. The van der Waals surface area contributed by atoms with Gasteiger partial charge in [-0.3, -0.25) is 0 Å². The maximum atomic E-state index is 12.2. The quantitative estimate of drug-likeness (QED) is 0.827. The first-order valence-electron chi connectivity index (χ1n) is 6.16. The zero-order chi connectivity index (χ0) is 14.7. The molecule has 3 N–H and O–H groups in total. The Hall–Kier alpha value is -1.11. The number of sulfonamides is 1. The van der Waals surface area contributed by atoms with Crippen molar-refractivity contribution in [2.45, 2.75) is 18.7 Å². The number of hydrogen-bond donors (Lipinski definition) is 2. The van der Waals surface area contributed by atoms with Crippen molar-refractivity contribution in [2.24, 2.45) is 11.1 Å². The number of hydrogen-bond acceptors (Lipinski definition) is 4. The van der Waals surface area contributed by atoms with Gasteiger partial charge in [0, 0.05) is 20.6 Å². The second-order valence-corrected chi connectivity index (χ2v) is 7.63. The lowest BCUT2D eigenvalue weighted by atomic mass is 9.94. The van der Waals surface area contributed by atoms with E-state index in [1.54, 1.807) is 18.2 Å². The van der Waals surface area contributed by atoms with Crippen molar-refractivity contribution in [2.75, 3.05) is 32.5 Å².